The lowest BCUT2D eigenvalue weighted by molar-refractivity contribution is -0.112. The lowest BCUT2D eigenvalue weighted by atomic mass is 10.1. The summed E-state index contributed by atoms with van der Waals surface area (Å²) in [7, 11) is 0. The number of hydrogen-bond acceptors (Lipinski definition) is 5. The van der Waals surface area contributed by atoms with Crippen LogP contribution < -0.4 is 14.8 Å². The summed E-state index contributed by atoms with van der Waals surface area (Å²) in [6.45, 7) is 4.03. The fourth-order valence-electron chi connectivity index (χ4n) is 2.91. The van der Waals surface area contributed by atoms with E-state index >= 15 is 0 Å². The normalized spacial score (nSPS) is 10.9. The van der Waals surface area contributed by atoms with Gasteiger partial charge in [0.05, 0.1) is 22.9 Å². The van der Waals surface area contributed by atoms with Crippen LogP contribution in [0.25, 0.3) is 6.08 Å². The first-order valence-corrected chi connectivity index (χ1v) is 11.0. The minimum Gasteiger partial charge on any atom is -0.490 e. The second-order valence-corrected chi connectivity index (χ2v) is 7.99. The van der Waals surface area contributed by atoms with Gasteiger partial charge >= 0.3 is 5.97 Å². The molecule has 3 aromatic carbocycles. The van der Waals surface area contributed by atoms with Crippen molar-refractivity contribution in [3.8, 4) is 17.6 Å². The quantitative estimate of drug-likeness (QED) is 0.176. The monoisotopic (exact) mass is 494 g/mol. The average Bonchev–Trinajstić information content (AvgIpc) is 2.81. The molecule has 0 radical (unpaired) electrons. The molecular weight excluding hydrogens is 475 g/mol. The predicted octanol–water partition coefficient (Wildman–Crippen LogP) is 6.47. The van der Waals surface area contributed by atoms with Crippen molar-refractivity contribution in [1.29, 1.82) is 5.26 Å². The zero-order chi connectivity index (χ0) is 24.7. The number of amides is 1. The van der Waals surface area contributed by atoms with Gasteiger partial charge in [-0.25, -0.2) is 4.79 Å². The maximum absolute atomic E-state index is 12.6. The van der Waals surface area contributed by atoms with Crippen LogP contribution in [-0.2, 0) is 4.79 Å². The number of halogens is 2. The lowest BCUT2D eigenvalue weighted by Crippen LogP contribution is -2.13. The molecule has 0 aliphatic rings. The van der Waals surface area contributed by atoms with Crippen LogP contribution in [0.15, 0.2) is 66.2 Å². The molecule has 3 aromatic rings. The molecule has 0 spiro atoms. The summed E-state index contributed by atoms with van der Waals surface area (Å²) in [5.74, 6) is -0.662. The number of nitriles is 1. The molecule has 172 valence electrons. The van der Waals surface area contributed by atoms with Crippen molar-refractivity contribution in [2.24, 2.45) is 0 Å². The first-order chi connectivity index (χ1) is 16.3. The number of rotatable bonds is 7. The molecule has 0 aliphatic heterocycles. The largest absolute Gasteiger partial charge is 0.490 e. The Kier molecular flexibility index (Phi) is 8.31. The van der Waals surface area contributed by atoms with E-state index < -0.39 is 11.9 Å². The van der Waals surface area contributed by atoms with Gasteiger partial charge in [-0.15, -0.1) is 0 Å². The van der Waals surface area contributed by atoms with Crippen LogP contribution in [0.3, 0.4) is 0 Å². The molecule has 0 heterocycles. The summed E-state index contributed by atoms with van der Waals surface area (Å²) in [5, 5.41) is 12.8. The van der Waals surface area contributed by atoms with E-state index in [0.717, 1.165) is 5.56 Å². The van der Waals surface area contributed by atoms with E-state index in [1.807, 2.05) is 25.1 Å². The molecular formula is C26H20Cl2N2O4. The summed E-state index contributed by atoms with van der Waals surface area (Å²) >= 11 is 12.0. The number of aryl methyl sites for hydroxylation is 1. The van der Waals surface area contributed by atoms with E-state index in [1.54, 1.807) is 49.4 Å². The van der Waals surface area contributed by atoms with Gasteiger partial charge < -0.3 is 14.8 Å². The van der Waals surface area contributed by atoms with Crippen LogP contribution in [0.2, 0.25) is 10.0 Å². The highest BCUT2D eigenvalue weighted by atomic mass is 35.5. The summed E-state index contributed by atoms with van der Waals surface area (Å²) < 4.78 is 11.1. The lowest BCUT2D eigenvalue weighted by Gasteiger charge is -2.12. The number of esters is 1. The average molecular weight is 495 g/mol. The second kappa shape index (κ2) is 11.4. The smallest absolute Gasteiger partial charge is 0.343 e. The maximum Gasteiger partial charge on any atom is 0.343 e. The van der Waals surface area contributed by atoms with Gasteiger partial charge in [0.25, 0.3) is 5.91 Å². The van der Waals surface area contributed by atoms with Gasteiger partial charge in [-0.3, -0.25) is 4.79 Å². The Morgan fingerprint density at radius 2 is 1.76 bits per heavy atom. The molecule has 1 amide bonds. The summed E-state index contributed by atoms with van der Waals surface area (Å²) in [4.78, 5) is 25.1. The Morgan fingerprint density at radius 3 is 2.44 bits per heavy atom. The van der Waals surface area contributed by atoms with Crippen molar-refractivity contribution < 1.29 is 19.1 Å². The van der Waals surface area contributed by atoms with Crippen molar-refractivity contribution in [2.45, 2.75) is 13.8 Å². The highest BCUT2D eigenvalue weighted by Crippen LogP contribution is 2.31. The van der Waals surface area contributed by atoms with Crippen molar-refractivity contribution in [2.75, 3.05) is 11.9 Å². The third-order valence-electron chi connectivity index (χ3n) is 4.61. The maximum atomic E-state index is 12.6. The van der Waals surface area contributed by atoms with Gasteiger partial charge in [-0.1, -0.05) is 47.0 Å². The topological polar surface area (TPSA) is 88.4 Å². The first-order valence-electron chi connectivity index (χ1n) is 10.2. The fraction of sp³-hybridized carbons (Fsp3) is 0.115. The van der Waals surface area contributed by atoms with E-state index in [4.69, 9.17) is 32.7 Å². The zero-order valence-electron chi connectivity index (χ0n) is 18.4. The number of nitrogens with zero attached hydrogens (tertiary/aromatic N) is 1. The molecule has 0 aliphatic carbocycles. The van der Waals surface area contributed by atoms with Crippen molar-refractivity contribution >= 4 is 46.8 Å². The van der Waals surface area contributed by atoms with Crippen LogP contribution in [0.5, 0.6) is 11.5 Å². The number of ether oxygens (including phenoxy) is 2. The number of nitrogens with one attached hydrogen (secondary N) is 1. The number of hydrogen-bond donors (Lipinski definition) is 1. The Balaban J connectivity index is 1.84. The molecule has 0 aromatic heterocycles. The van der Waals surface area contributed by atoms with E-state index in [1.165, 1.54) is 12.1 Å². The Bertz CT molecular complexity index is 1300. The standard InChI is InChI=1S/C26H20Cl2N2O4/c1-3-33-24-13-17(6-11-23(24)34-26(32)18-7-4-16(2)5-8-18)12-19(15-29)25(31)30-22-14-20(27)9-10-21(22)28/h4-14H,3H2,1-2H3,(H,30,31)/b19-12+. The van der Waals surface area contributed by atoms with Crippen LogP contribution in [0, 0.1) is 18.3 Å². The zero-order valence-corrected chi connectivity index (χ0v) is 19.9. The van der Waals surface area contributed by atoms with Gasteiger partial charge in [0.1, 0.15) is 11.6 Å². The molecule has 6 nitrogen and oxygen atoms in total. The third kappa shape index (κ3) is 6.38. The molecule has 0 fully saturated rings. The van der Waals surface area contributed by atoms with E-state index in [0.29, 0.717) is 28.5 Å². The molecule has 0 bridgehead atoms. The van der Waals surface area contributed by atoms with Crippen molar-refractivity contribution in [3.63, 3.8) is 0 Å². The van der Waals surface area contributed by atoms with Crippen LogP contribution in [0.1, 0.15) is 28.4 Å². The van der Waals surface area contributed by atoms with Gasteiger partial charge in [-0.2, -0.15) is 5.26 Å². The minimum absolute atomic E-state index is 0.164. The molecule has 0 unspecified atom stereocenters. The number of benzene rings is 3. The van der Waals surface area contributed by atoms with E-state index in [-0.39, 0.29) is 22.0 Å². The summed E-state index contributed by atoms with van der Waals surface area (Å²) in [6.07, 6.45) is 1.39. The molecule has 0 atom stereocenters. The molecule has 0 saturated heterocycles. The summed E-state index contributed by atoms with van der Waals surface area (Å²) in [6, 6.07) is 18.2. The highest BCUT2D eigenvalue weighted by molar-refractivity contribution is 6.36. The van der Waals surface area contributed by atoms with Gasteiger partial charge in [-0.05, 0) is 68.0 Å². The van der Waals surface area contributed by atoms with Crippen LogP contribution in [-0.4, -0.2) is 18.5 Å². The molecule has 1 N–H and O–H groups in total. The van der Waals surface area contributed by atoms with E-state index in [9.17, 15) is 14.9 Å². The van der Waals surface area contributed by atoms with Crippen molar-refractivity contribution in [1.82, 2.24) is 0 Å². The highest BCUT2D eigenvalue weighted by Gasteiger charge is 2.15. The number of carbonyl (C=O) groups excluding carboxylic acids is 2. The molecule has 34 heavy (non-hydrogen) atoms. The van der Waals surface area contributed by atoms with Gasteiger partial charge in [0.2, 0.25) is 0 Å². The van der Waals surface area contributed by atoms with Crippen LogP contribution >= 0.6 is 23.2 Å². The Morgan fingerprint density at radius 1 is 1.03 bits per heavy atom. The minimum atomic E-state index is -0.653. The Labute approximate surface area is 207 Å². The second-order valence-electron chi connectivity index (χ2n) is 7.14. The Hall–Kier alpha value is -3.79. The number of anilines is 1. The van der Waals surface area contributed by atoms with Gasteiger partial charge in [0.15, 0.2) is 11.5 Å². The van der Waals surface area contributed by atoms with Gasteiger partial charge in [0, 0.05) is 5.02 Å². The molecule has 0 saturated carbocycles. The van der Waals surface area contributed by atoms with Crippen molar-refractivity contribution in [3.05, 3.63) is 93.0 Å². The summed E-state index contributed by atoms with van der Waals surface area (Å²) in [5.41, 5.74) is 2.05. The van der Waals surface area contributed by atoms with Crippen LogP contribution in [0.4, 0.5) is 5.69 Å². The SMILES string of the molecule is CCOc1cc(/C=C(\C#N)C(=O)Nc2cc(Cl)ccc2Cl)ccc1OC(=O)c1ccc(C)cc1. The molecule has 3 rings (SSSR count). The van der Waals surface area contributed by atoms with E-state index in [2.05, 4.69) is 5.32 Å². The number of carbonyl (C=O) groups is 2. The molecule has 8 heteroatoms. The first kappa shape index (κ1) is 24.8. The fourth-order valence-corrected chi connectivity index (χ4v) is 3.25. The third-order valence-corrected chi connectivity index (χ3v) is 5.17. The predicted molar refractivity (Wildman–Crippen MR) is 132 cm³/mol.